The van der Waals surface area contributed by atoms with Gasteiger partial charge < -0.3 is 10.1 Å². The number of aryl methyl sites for hydroxylation is 2. The lowest BCUT2D eigenvalue weighted by Gasteiger charge is -2.19. The van der Waals surface area contributed by atoms with Crippen molar-refractivity contribution in [1.82, 2.24) is 10.3 Å². The number of aromatic nitrogens is 2. The van der Waals surface area contributed by atoms with Gasteiger partial charge in [-0.3, -0.25) is 4.79 Å². The zero-order chi connectivity index (χ0) is 16.3. The summed E-state index contributed by atoms with van der Waals surface area (Å²) < 4.78 is 10.4. The fraction of sp³-hybridized carbons (Fsp3) is 0.438. The highest BCUT2D eigenvalue weighted by atomic mass is 16.6. The fourth-order valence-electron chi connectivity index (χ4n) is 2.03. The van der Waals surface area contributed by atoms with E-state index in [1.807, 2.05) is 25.1 Å². The highest BCUT2D eigenvalue weighted by Crippen LogP contribution is 2.28. The first kappa shape index (κ1) is 16.0. The van der Waals surface area contributed by atoms with Crippen LogP contribution in [0.3, 0.4) is 0 Å². The normalized spacial score (nSPS) is 12.3. The summed E-state index contributed by atoms with van der Waals surface area (Å²) >= 11 is 0. The average Bonchev–Trinajstić information content (AvgIpc) is 2.84. The number of carbonyl (C=O) groups is 1. The molecule has 1 heterocycles. The zero-order valence-corrected chi connectivity index (χ0v) is 13.5. The summed E-state index contributed by atoms with van der Waals surface area (Å²) in [6, 6.07) is 6.02. The van der Waals surface area contributed by atoms with Crippen molar-refractivity contribution in [3.63, 3.8) is 0 Å². The van der Waals surface area contributed by atoms with Crippen molar-refractivity contribution in [1.29, 1.82) is 0 Å². The quantitative estimate of drug-likeness (QED) is 0.917. The molecule has 22 heavy (non-hydrogen) atoms. The van der Waals surface area contributed by atoms with Gasteiger partial charge in [0.05, 0.1) is 0 Å². The molecule has 0 fully saturated rings. The van der Waals surface area contributed by atoms with Crippen LogP contribution in [0.4, 0.5) is 5.82 Å². The smallest absolute Gasteiger partial charge is 0.266 e. The molecule has 1 aromatic heterocycles. The number of benzene rings is 1. The van der Waals surface area contributed by atoms with E-state index in [4.69, 9.17) is 4.74 Å². The molecule has 1 aromatic carbocycles. The predicted octanol–water partition coefficient (Wildman–Crippen LogP) is 3.22. The minimum absolute atomic E-state index is 0.296. The maximum atomic E-state index is 12.2. The van der Waals surface area contributed by atoms with Gasteiger partial charge in [-0.1, -0.05) is 31.1 Å². The predicted molar refractivity (Wildman–Crippen MR) is 83.0 cm³/mol. The summed E-state index contributed by atoms with van der Waals surface area (Å²) in [6.07, 6.45) is -0.657. The molecule has 6 nitrogen and oxygen atoms in total. The van der Waals surface area contributed by atoms with Crippen LogP contribution in [0.25, 0.3) is 0 Å². The Balaban J connectivity index is 2.11. The van der Waals surface area contributed by atoms with Crippen LogP contribution in [0.1, 0.15) is 43.5 Å². The highest BCUT2D eigenvalue weighted by molar-refractivity contribution is 5.93. The van der Waals surface area contributed by atoms with Crippen LogP contribution >= 0.6 is 0 Å². The first-order valence-electron chi connectivity index (χ1n) is 7.25. The Kier molecular flexibility index (Phi) is 4.80. The maximum absolute atomic E-state index is 12.2. The minimum Gasteiger partial charge on any atom is -0.481 e. The largest absolute Gasteiger partial charge is 0.481 e. The van der Waals surface area contributed by atoms with Crippen LogP contribution in [-0.4, -0.2) is 22.3 Å². The number of nitrogens with one attached hydrogen (secondary N) is 1. The van der Waals surface area contributed by atoms with Gasteiger partial charge in [0.25, 0.3) is 5.91 Å². The van der Waals surface area contributed by atoms with Crippen LogP contribution < -0.4 is 10.1 Å². The lowest BCUT2D eigenvalue weighted by Crippen LogP contribution is -2.30. The van der Waals surface area contributed by atoms with Gasteiger partial charge >= 0.3 is 0 Å². The first-order chi connectivity index (χ1) is 10.4. The molecule has 0 radical (unpaired) electrons. The molecular weight excluding hydrogens is 282 g/mol. The third kappa shape index (κ3) is 3.63. The SMILES string of the molecule is Cc1ccc(C(C)C)c(O[C@@H](C)C(=O)Nc2nonc2C)c1. The summed E-state index contributed by atoms with van der Waals surface area (Å²) in [7, 11) is 0. The average molecular weight is 303 g/mol. The molecule has 2 aromatic rings. The number of nitrogens with zero attached hydrogens (tertiary/aromatic N) is 2. The van der Waals surface area contributed by atoms with Crippen LogP contribution in [-0.2, 0) is 4.79 Å². The van der Waals surface area contributed by atoms with Gasteiger partial charge in [0.1, 0.15) is 11.4 Å². The van der Waals surface area contributed by atoms with Gasteiger partial charge in [0.2, 0.25) is 0 Å². The number of rotatable bonds is 5. The molecule has 0 spiro atoms. The minimum atomic E-state index is -0.657. The van der Waals surface area contributed by atoms with E-state index in [1.54, 1.807) is 13.8 Å². The number of hydrogen-bond donors (Lipinski definition) is 1. The Morgan fingerprint density at radius 3 is 2.55 bits per heavy atom. The molecule has 0 aliphatic rings. The molecule has 0 aliphatic heterocycles. The monoisotopic (exact) mass is 303 g/mol. The van der Waals surface area contributed by atoms with Crippen molar-refractivity contribution in [3.8, 4) is 5.75 Å². The number of hydrogen-bond acceptors (Lipinski definition) is 5. The highest BCUT2D eigenvalue weighted by Gasteiger charge is 2.19. The van der Waals surface area contributed by atoms with E-state index in [-0.39, 0.29) is 5.91 Å². The van der Waals surface area contributed by atoms with Crippen LogP contribution in [0.2, 0.25) is 0 Å². The molecule has 0 unspecified atom stereocenters. The molecule has 0 aliphatic carbocycles. The van der Waals surface area contributed by atoms with E-state index < -0.39 is 6.10 Å². The van der Waals surface area contributed by atoms with E-state index in [0.717, 1.165) is 16.9 Å². The molecule has 0 bridgehead atoms. The molecule has 1 N–H and O–H groups in total. The van der Waals surface area contributed by atoms with Gasteiger partial charge in [-0.2, -0.15) is 0 Å². The lowest BCUT2D eigenvalue weighted by molar-refractivity contribution is -0.122. The van der Waals surface area contributed by atoms with E-state index in [2.05, 4.69) is 34.1 Å². The van der Waals surface area contributed by atoms with Gasteiger partial charge in [-0.15, -0.1) is 0 Å². The maximum Gasteiger partial charge on any atom is 0.266 e. The Bertz CT molecular complexity index is 664. The number of ether oxygens (including phenoxy) is 1. The van der Waals surface area contributed by atoms with Crippen LogP contribution in [0.5, 0.6) is 5.75 Å². The van der Waals surface area contributed by atoms with E-state index >= 15 is 0 Å². The van der Waals surface area contributed by atoms with E-state index in [0.29, 0.717) is 17.4 Å². The standard InChI is InChI=1S/C16H21N3O3/c1-9(2)13-7-6-10(3)8-14(13)21-12(5)16(20)17-15-11(4)18-22-19-15/h6-9,12H,1-5H3,(H,17,19,20)/t12-/m0/s1. The second-order valence-electron chi connectivity index (χ2n) is 5.64. The molecule has 2 rings (SSSR count). The third-order valence-corrected chi connectivity index (χ3v) is 3.36. The van der Waals surface area contributed by atoms with Gasteiger partial charge in [-0.25, -0.2) is 4.63 Å². The summed E-state index contributed by atoms with van der Waals surface area (Å²) in [5.74, 6) is 1.06. The van der Waals surface area contributed by atoms with Gasteiger partial charge in [-0.05, 0) is 49.0 Å². The number of carbonyl (C=O) groups excluding carboxylic acids is 1. The van der Waals surface area contributed by atoms with E-state index in [9.17, 15) is 4.79 Å². The van der Waals surface area contributed by atoms with Crippen molar-refractivity contribution in [3.05, 3.63) is 35.0 Å². The second kappa shape index (κ2) is 6.60. The Morgan fingerprint density at radius 2 is 1.95 bits per heavy atom. The van der Waals surface area contributed by atoms with Crippen LogP contribution in [0.15, 0.2) is 22.8 Å². The van der Waals surface area contributed by atoms with Crippen molar-refractivity contribution in [2.45, 2.75) is 46.6 Å². The molecule has 0 saturated carbocycles. The molecule has 6 heteroatoms. The first-order valence-corrected chi connectivity index (χ1v) is 7.25. The number of amides is 1. The summed E-state index contributed by atoms with van der Waals surface area (Å²) in [5.41, 5.74) is 2.69. The topological polar surface area (TPSA) is 77.2 Å². The molecule has 1 amide bonds. The Morgan fingerprint density at radius 1 is 1.23 bits per heavy atom. The van der Waals surface area contributed by atoms with Crippen LogP contribution in [0, 0.1) is 13.8 Å². The Labute approximate surface area is 129 Å². The van der Waals surface area contributed by atoms with Crippen molar-refractivity contribution >= 4 is 11.7 Å². The lowest BCUT2D eigenvalue weighted by atomic mass is 10.0. The Hall–Kier alpha value is -2.37. The molecular formula is C16H21N3O3. The van der Waals surface area contributed by atoms with Gasteiger partial charge in [0.15, 0.2) is 11.9 Å². The summed E-state index contributed by atoms with van der Waals surface area (Å²) in [5, 5.41) is 9.89. The third-order valence-electron chi connectivity index (χ3n) is 3.36. The van der Waals surface area contributed by atoms with Crippen molar-refractivity contribution in [2.24, 2.45) is 0 Å². The van der Waals surface area contributed by atoms with E-state index in [1.165, 1.54) is 0 Å². The molecule has 118 valence electrons. The molecule has 0 saturated heterocycles. The number of anilines is 1. The van der Waals surface area contributed by atoms with Crippen molar-refractivity contribution in [2.75, 3.05) is 5.32 Å². The van der Waals surface area contributed by atoms with Gasteiger partial charge in [0, 0.05) is 0 Å². The van der Waals surface area contributed by atoms with Crippen molar-refractivity contribution < 1.29 is 14.2 Å². The summed E-state index contributed by atoms with van der Waals surface area (Å²) in [4.78, 5) is 12.2. The molecule has 1 atom stereocenters. The zero-order valence-electron chi connectivity index (χ0n) is 13.5. The summed E-state index contributed by atoms with van der Waals surface area (Å²) in [6.45, 7) is 9.57. The fourth-order valence-corrected chi connectivity index (χ4v) is 2.03. The second-order valence-corrected chi connectivity index (χ2v) is 5.64.